The second-order valence-electron chi connectivity index (χ2n) is 13.9. The zero-order valence-corrected chi connectivity index (χ0v) is 33.2. The van der Waals surface area contributed by atoms with Gasteiger partial charge in [-0.25, -0.2) is 0 Å². The van der Waals surface area contributed by atoms with Gasteiger partial charge in [0.1, 0.15) is 10.8 Å². The van der Waals surface area contributed by atoms with Gasteiger partial charge in [-0.3, -0.25) is 0 Å². The zero-order chi connectivity index (χ0) is 42.3. The number of H-pyrrole nitrogens is 2. The highest BCUT2D eigenvalue weighted by Gasteiger charge is 2.38. The van der Waals surface area contributed by atoms with E-state index < -0.39 is 37.0 Å². The van der Waals surface area contributed by atoms with Crippen LogP contribution in [-0.4, -0.2) is 22.3 Å². The van der Waals surface area contributed by atoms with Crippen molar-refractivity contribution in [1.82, 2.24) is 9.97 Å². The Morgan fingerprint density at radius 2 is 0.967 bits per heavy atom. The Balaban J connectivity index is 0.000000181. The highest BCUT2D eigenvalue weighted by Crippen LogP contribution is 2.47. The number of thiocyanates is 2. The maximum Gasteiger partial charge on any atom is 0.390 e. The first kappa shape index (κ1) is 41.8. The van der Waals surface area contributed by atoms with Gasteiger partial charge in [0.05, 0.1) is 24.2 Å². The molecule has 2 heterocycles. The number of rotatable bonds is 10. The lowest BCUT2D eigenvalue weighted by Crippen LogP contribution is -2.16. The number of alkyl halides is 6. The molecule has 0 aliphatic heterocycles. The highest BCUT2D eigenvalue weighted by atomic mass is 32.2. The van der Waals surface area contributed by atoms with Crippen molar-refractivity contribution in [3.05, 3.63) is 180 Å². The number of nitrogens with one attached hydrogen (secondary N) is 2. The summed E-state index contributed by atoms with van der Waals surface area (Å²) in [4.78, 5) is 7.83. The lowest BCUT2D eigenvalue weighted by atomic mass is 9.85. The SMILES string of the molecule is N#CSc1cccc(C(CC(F)(F)F)c2c(-c3ccccc3)[nH]c3ccccc23)c1.N#CSc1ccccc1C(CC(F)(F)F)c1c(-c2ccccc2)[nH]c2ccccc12. The van der Waals surface area contributed by atoms with Gasteiger partial charge in [-0.1, -0.05) is 127 Å². The zero-order valence-electron chi connectivity index (χ0n) is 31.6. The van der Waals surface area contributed by atoms with Crippen LogP contribution in [0.25, 0.3) is 44.3 Å². The van der Waals surface area contributed by atoms with E-state index in [9.17, 15) is 31.6 Å². The summed E-state index contributed by atoms with van der Waals surface area (Å²) in [6.45, 7) is 0. The molecule has 0 saturated heterocycles. The summed E-state index contributed by atoms with van der Waals surface area (Å²) >= 11 is 1.83. The number of fused-ring (bicyclic) bond motifs is 2. The first-order valence-corrected chi connectivity index (χ1v) is 20.3. The number of hydrogen-bond acceptors (Lipinski definition) is 4. The lowest BCUT2D eigenvalue weighted by Gasteiger charge is -2.22. The van der Waals surface area contributed by atoms with Crippen LogP contribution >= 0.6 is 23.5 Å². The first-order valence-electron chi connectivity index (χ1n) is 18.7. The predicted octanol–water partition coefficient (Wildman–Crippen LogP) is 15.0. The van der Waals surface area contributed by atoms with Gasteiger partial charge in [-0.15, -0.1) is 0 Å². The van der Waals surface area contributed by atoms with Gasteiger partial charge < -0.3 is 9.97 Å². The van der Waals surface area contributed by atoms with Crippen LogP contribution in [0.5, 0.6) is 0 Å². The standard InChI is InChI=1S/2C24H17F3N2S/c25-24(26,27)14-19(17-10-5-7-13-21(17)30-15-28)22-18-11-4-6-12-20(18)29-23(22)16-8-2-1-3-9-16;25-24(26,27)14-20(17-9-6-10-18(13-17)30-15-28)22-19-11-4-5-12-21(19)29-23(22)16-7-2-1-3-8-16/h1-13,19,29H,14H2;1-13,20,29H,14H2. The molecular weight excluding hydrogens is 811 g/mol. The first-order chi connectivity index (χ1) is 28.9. The van der Waals surface area contributed by atoms with Crippen molar-refractivity contribution < 1.29 is 26.3 Å². The molecular formula is C48H34F6N4S2. The van der Waals surface area contributed by atoms with Crippen LogP contribution in [0.15, 0.2) is 168 Å². The van der Waals surface area contributed by atoms with E-state index in [1.165, 1.54) is 0 Å². The van der Waals surface area contributed by atoms with Gasteiger partial charge in [0.2, 0.25) is 0 Å². The molecule has 0 spiro atoms. The van der Waals surface area contributed by atoms with E-state index in [1.54, 1.807) is 48.5 Å². The number of para-hydroxylation sites is 2. The summed E-state index contributed by atoms with van der Waals surface area (Å²) in [6.07, 6.45) is -10.7. The Morgan fingerprint density at radius 3 is 1.50 bits per heavy atom. The summed E-state index contributed by atoms with van der Waals surface area (Å²) in [7, 11) is 0. The van der Waals surface area contributed by atoms with Gasteiger partial charge in [-0.05, 0) is 87.2 Å². The summed E-state index contributed by atoms with van der Waals surface area (Å²) in [5.74, 6) is -1.86. The third-order valence-corrected chi connectivity index (χ3v) is 11.3. The lowest BCUT2D eigenvalue weighted by molar-refractivity contribution is -0.137. The van der Waals surface area contributed by atoms with Crippen LogP contribution in [0, 0.1) is 21.3 Å². The molecule has 8 aromatic rings. The molecule has 0 aliphatic rings. The number of halogens is 6. The van der Waals surface area contributed by atoms with E-state index in [0.29, 0.717) is 43.4 Å². The Bertz CT molecular complexity index is 2800. The number of aromatic nitrogens is 2. The minimum atomic E-state index is -4.37. The predicted molar refractivity (Wildman–Crippen MR) is 228 cm³/mol. The van der Waals surface area contributed by atoms with Gasteiger partial charge >= 0.3 is 12.4 Å². The highest BCUT2D eigenvalue weighted by molar-refractivity contribution is 8.04. The molecule has 60 heavy (non-hydrogen) atoms. The van der Waals surface area contributed by atoms with Crippen LogP contribution in [0.1, 0.15) is 46.9 Å². The molecule has 2 unspecified atom stereocenters. The minimum Gasteiger partial charge on any atom is -0.354 e. The number of aromatic amines is 2. The molecule has 2 atom stereocenters. The minimum absolute atomic E-state index is 0.503. The maximum atomic E-state index is 13.8. The van der Waals surface area contributed by atoms with E-state index in [-0.39, 0.29) is 0 Å². The molecule has 2 N–H and O–H groups in total. The van der Waals surface area contributed by atoms with Crippen LogP contribution in [0.4, 0.5) is 26.3 Å². The van der Waals surface area contributed by atoms with Crippen molar-refractivity contribution in [2.45, 2.75) is 46.8 Å². The molecule has 0 bridgehead atoms. The monoisotopic (exact) mass is 844 g/mol. The molecule has 12 heteroatoms. The number of nitrogens with zero attached hydrogens (tertiary/aromatic N) is 2. The van der Waals surface area contributed by atoms with Crippen LogP contribution in [0.3, 0.4) is 0 Å². The fourth-order valence-corrected chi connectivity index (χ4v) is 8.71. The second kappa shape index (κ2) is 18.3. The van der Waals surface area contributed by atoms with E-state index in [2.05, 4.69) is 9.97 Å². The Kier molecular flexibility index (Phi) is 12.7. The van der Waals surface area contributed by atoms with E-state index in [4.69, 9.17) is 5.26 Å². The van der Waals surface area contributed by atoms with Gasteiger partial charge in [0.15, 0.2) is 0 Å². The number of hydrogen-bond donors (Lipinski definition) is 2. The summed E-state index contributed by atoms with van der Waals surface area (Å²) in [6, 6.07) is 47.2. The largest absolute Gasteiger partial charge is 0.390 e. The third kappa shape index (κ3) is 9.74. The van der Waals surface area contributed by atoms with E-state index in [1.807, 2.05) is 120 Å². The molecule has 4 nitrogen and oxygen atoms in total. The molecule has 6 aromatic carbocycles. The summed E-state index contributed by atoms with van der Waals surface area (Å²) in [5.41, 5.74) is 6.84. The fourth-order valence-electron chi connectivity index (χ4n) is 7.69. The molecule has 0 amide bonds. The van der Waals surface area contributed by atoms with E-state index >= 15 is 0 Å². The van der Waals surface area contributed by atoms with E-state index in [0.717, 1.165) is 56.5 Å². The average Bonchev–Trinajstić information content (AvgIpc) is 3.82. The van der Waals surface area contributed by atoms with Crippen molar-refractivity contribution in [2.75, 3.05) is 0 Å². The average molecular weight is 845 g/mol. The van der Waals surface area contributed by atoms with Crippen molar-refractivity contribution in [3.63, 3.8) is 0 Å². The molecule has 300 valence electrons. The molecule has 8 rings (SSSR count). The van der Waals surface area contributed by atoms with Crippen molar-refractivity contribution in [1.29, 1.82) is 10.5 Å². The number of benzene rings is 6. The molecule has 2 aromatic heterocycles. The second-order valence-corrected chi connectivity index (χ2v) is 15.6. The molecule has 0 saturated carbocycles. The number of thioether (sulfide) groups is 2. The van der Waals surface area contributed by atoms with Gasteiger partial charge in [-0.2, -0.15) is 36.9 Å². The molecule has 0 radical (unpaired) electrons. The Morgan fingerprint density at radius 1 is 0.500 bits per heavy atom. The van der Waals surface area contributed by atoms with Crippen LogP contribution in [-0.2, 0) is 0 Å². The normalized spacial score (nSPS) is 12.6. The fraction of sp³-hybridized carbons (Fsp3) is 0.125. The molecule has 0 fully saturated rings. The summed E-state index contributed by atoms with van der Waals surface area (Å²) in [5, 5.41) is 23.7. The third-order valence-electron chi connectivity index (χ3n) is 10.1. The van der Waals surface area contributed by atoms with Crippen LogP contribution < -0.4 is 0 Å². The van der Waals surface area contributed by atoms with Crippen molar-refractivity contribution in [3.8, 4) is 33.3 Å². The quantitative estimate of drug-likeness (QED) is 0.0816. The molecule has 0 aliphatic carbocycles. The summed E-state index contributed by atoms with van der Waals surface area (Å²) < 4.78 is 82.4. The topological polar surface area (TPSA) is 79.2 Å². The number of nitriles is 2. The smallest absolute Gasteiger partial charge is 0.354 e. The van der Waals surface area contributed by atoms with Gasteiger partial charge in [0, 0.05) is 43.4 Å². The van der Waals surface area contributed by atoms with Gasteiger partial charge in [0.25, 0.3) is 0 Å². The van der Waals surface area contributed by atoms with Crippen LogP contribution in [0.2, 0.25) is 0 Å². The van der Waals surface area contributed by atoms with Crippen molar-refractivity contribution >= 4 is 45.3 Å². The Labute approximate surface area is 350 Å². The maximum absolute atomic E-state index is 13.8. The Hall–Kier alpha value is -6.34. The van der Waals surface area contributed by atoms with Crippen molar-refractivity contribution in [2.24, 2.45) is 0 Å².